The van der Waals surface area contributed by atoms with Crippen molar-refractivity contribution in [2.45, 2.75) is 50.6 Å². The Morgan fingerprint density at radius 1 is 1.26 bits per heavy atom. The largest absolute Gasteiger partial charge is 0.480 e. The fourth-order valence-corrected chi connectivity index (χ4v) is 3.25. The van der Waals surface area contributed by atoms with Crippen LogP contribution in [0, 0.1) is 13.8 Å². The summed E-state index contributed by atoms with van der Waals surface area (Å²) < 4.78 is 23.6. The first-order chi connectivity index (χ1) is 10.5. The lowest BCUT2D eigenvalue weighted by molar-refractivity contribution is -0.141. The first-order valence-corrected chi connectivity index (χ1v) is 9.30. The smallest absolute Gasteiger partial charge is 0.326 e. The Balaban J connectivity index is 2.53. The number of carboxylic acids is 1. The van der Waals surface area contributed by atoms with Gasteiger partial charge in [0.05, 0.1) is 4.90 Å². The highest BCUT2D eigenvalue weighted by Crippen LogP contribution is 2.32. The number of benzene rings is 1. The van der Waals surface area contributed by atoms with Crippen LogP contribution in [-0.4, -0.2) is 48.6 Å². The summed E-state index contributed by atoms with van der Waals surface area (Å²) in [5, 5.41) is 9.24. The zero-order valence-electron chi connectivity index (χ0n) is 13.7. The van der Waals surface area contributed by atoms with Gasteiger partial charge in [-0.25, -0.2) is 13.2 Å². The molecule has 1 saturated carbocycles. The van der Waals surface area contributed by atoms with E-state index < -0.39 is 27.8 Å². The van der Waals surface area contributed by atoms with E-state index in [-0.39, 0.29) is 16.5 Å². The molecule has 0 aromatic heterocycles. The molecule has 0 spiro atoms. The second-order valence-electron chi connectivity index (χ2n) is 6.14. The van der Waals surface area contributed by atoms with Crippen molar-refractivity contribution in [3.63, 3.8) is 0 Å². The van der Waals surface area contributed by atoms with Gasteiger partial charge in [0, 0.05) is 17.9 Å². The second-order valence-corrected chi connectivity index (χ2v) is 8.16. The van der Waals surface area contributed by atoms with Gasteiger partial charge in [0.25, 0.3) is 5.91 Å². The maximum absolute atomic E-state index is 12.9. The quantitative estimate of drug-likeness (QED) is 0.883. The summed E-state index contributed by atoms with van der Waals surface area (Å²) in [4.78, 5) is 25.6. The number of nitrogens with zero attached hydrogens (tertiary/aromatic N) is 1. The van der Waals surface area contributed by atoms with Gasteiger partial charge >= 0.3 is 5.97 Å². The highest BCUT2D eigenvalue weighted by atomic mass is 32.2. The van der Waals surface area contributed by atoms with Gasteiger partial charge in [-0.2, -0.15) is 0 Å². The van der Waals surface area contributed by atoms with E-state index in [1.807, 2.05) is 0 Å². The van der Waals surface area contributed by atoms with E-state index in [1.165, 1.54) is 24.0 Å². The molecule has 126 valence electrons. The van der Waals surface area contributed by atoms with Crippen LogP contribution in [0.5, 0.6) is 0 Å². The third-order valence-electron chi connectivity index (χ3n) is 4.25. The van der Waals surface area contributed by atoms with Gasteiger partial charge in [0.2, 0.25) is 0 Å². The van der Waals surface area contributed by atoms with Gasteiger partial charge in [-0.3, -0.25) is 4.79 Å². The predicted octanol–water partition coefficient (Wildman–Crippen LogP) is 1.78. The third-order valence-corrected chi connectivity index (χ3v) is 5.34. The van der Waals surface area contributed by atoms with Crippen LogP contribution in [0.15, 0.2) is 17.0 Å². The van der Waals surface area contributed by atoms with Crippen molar-refractivity contribution in [3.8, 4) is 0 Å². The van der Waals surface area contributed by atoms with Crippen LogP contribution in [0.2, 0.25) is 0 Å². The Hall–Kier alpha value is -1.89. The van der Waals surface area contributed by atoms with E-state index in [1.54, 1.807) is 13.8 Å². The van der Waals surface area contributed by atoms with Crippen LogP contribution >= 0.6 is 0 Å². The molecule has 0 heterocycles. The first-order valence-electron chi connectivity index (χ1n) is 7.40. The molecule has 1 fully saturated rings. The SMILES string of the molecule is Cc1cc(S(C)(=O)=O)cc(C(=O)N(C2CC2)C(C)C(=O)O)c1C. The van der Waals surface area contributed by atoms with Gasteiger partial charge in [0.1, 0.15) is 6.04 Å². The Bertz CT molecular complexity index is 765. The standard InChI is InChI=1S/C16H21NO5S/c1-9-7-13(23(4,21)22)8-14(10(9)2)15(18)17(12-5-6-12)11(3)16(19)20/h7-8,11-12H,5-6H2,1-4H3,(H,19,20). The third kappa shape index (κ3) is 3.55. The fraction of sp³-hybridized carbons (Fsp3) is 0.500. The molecule has 0 saturated heterocycles. The van der Waals surface area contributed by atoms with Gasteiger partial charge in [-0.1, -0.05) is 0 Å². The molecule has 1 aromatic rings. The van der Waals surface area contributed by atoms with E-state index in [9.17, 15) is 23.1 Å². The Morgan fingerprint density at radius 2 is 1.83 bits per heavy atom. The van der Waals surface area contributed by atoms with Crippen LogP contribution in [0.4, 0.5) is 0 Å². The molecular formula is C16H21NO5S. The number of carbonyl (C=O) groups excluding carboxylic acids is 1. The summed E-state index contributed by atoms with van der Waals surface area (Å²) in [5.41, 5.74) is 1.62. The zero-order valence-corrected chi connectivity index (χ0v) is 14.5. The number of amides is 1. The number of carbonyl (C=O) groups is 2. The highest BCUT2D eigenvalue weighted by molar-refractivity contribution is 7.90. The van der Waals surface area contributed by atoms with E-state index in [0.29, 0.717) is 11.1 Å². The van der Waals surface area contributed by atoms with Crippen molar-refractivity contribution in [2.75, 3.05) is 6.26 Å². The van der Waals surface area contributed by atoms with E-state index in [2.05, 4.69) is 0 Å². The maximum Gasteiger partial charge on any atom is 0.326 e. The first kappa shape index (κ1) is 17.5. The number of sulfone groups is 1. The molecule has 1 aromatic carbocycles. The minimum Gasteiger partial charge on any atom is -0.480 e. The maximum atomic E-state index is 12.9. The molecule has 23 heavy (non-hydrogen) atoms. The summed E-state index contributed by atoms with van der Waals surface area (Å²) in [6.07, 6.45) is 2.63. The Morgan fingerprint density at radius 3 is 2.26 bits per heavy atom. The van der Waals surface area contributed by atoms with Crippen molar-refractivity contribution in [1.82, 2.24) is 4.90 Å². The number of aliphatic carboxylic acids is 1. The van der Waals surface area contributed by atoms with E-state index >= 15 is 0 Å². The summed E-state index contributed by atoms with van der Waals surface area (Å²) in [6, 6.07) is 1.85. The number of hydrogen-bond donors (Lipinski definition) is 1. The summed E-state index contributed by atoms with van der Waals surface area (Å²) in [7, 11) is -3.45. The molecule has 0 radical (unpaired) electrons. The van der Waals surface area contributed by atoms with Gasteiger partial charge in [-0.15, -0.1) is 0 Å². The molecule has 1 unspecified atom stereocenters. The number of rotatable bonds is 5. The average molecular weight is 339 g/mol. The molecule has 1 N–H and O–H groups in total. The van der Waals surface area contributed by atoms with Crippen LogP contribution in [0.1, 0.15) is 41.3 Å². The minimum atomic E-state index is -3.45. The normalized spacial score (nSPS) is 16.0. The molecule has 1 aliphatic carbocycles. The van der Waals surface area contributed by atoms with Crippen LogP contribution < -0.4 is 0 Å². The minimum absolute atomic E-state index is 0.0719. The molecule has 7 heteroatoms. The van der Waals surface area contributed by atoms with Crippen LogP contribution in [0.25, 0.3) is 0 Å². The lowest BCUT2D eigenvalue weighted by atomic mass is 10.0. The van der Waals surface area contributed by atoms with Gasteiger partial charge in [0.15, 0.2) is 9.84 Å². The predicted molar refractivity (Wildman–Crippen MR) is 85.3 cm³/mol. The molecule has 0 aliphatic heterocycles. The average Bonchev–Trinajstić information content (AvgIpc) is 3.24. The number of hydrogen-bond acceptors (Lipinski definition) is 4. The van der Waals surface area contributed by atoms with Crippen molar-refractivity contribution in [1.29, 1.82) is 0 Å². The van der Waals surface area contributed by atoms with Gasteiger partial charge in [-0.05, 0) is 56.9 Å². The van der Waals surface area contributed by atoms with Crippen molar-refractivity contribution in [3.05, 3.63) is 28.8 Å². The molecule has 1 atom stereocenters. The molecular weight excluding hydrogens is 318 g/mol. The van der Waals surface area contributed by atoms with Crippen LogP contribution in [-0.2, 0) is 14.6 Å². The molecule has 2 rings (SSSR count). The fourth-order valence-electron chi connectivity index (χ4n) is 2.53. The van der Waals surface area contributed by atoms with Gasteiger partial charge < -0.3 is 10.0 Å². The molecule has 6 nitrogen and oxygen atoms in total. The second kappa shape index (κ2) is 5.96. The highest BCUT2D eigenvalue weighted by Gasteiger charge is 2.39. The Kier molecular flexibility index (Phi) is 4.52. The summed E-state index contributed by atoms with van der Waals surface area (Å²) in [6.45, 7) is 4.95. The van der Waals surface area contributed by atoms with Crippen molar-refractivity contribution in [2.24, 2.45) is 0 Å². The van der Waals surface area contributed by atoms with E-state index in [0.717, 1.165) is 19.1 Å². The molecule has 1 amide bonds. The zero-order chi connectivity index (χ0) is 17.5. The van der Waals surface area contributed by atoms with Crippen molar-refractivity contribution >= 4 is 21.7 Å². The summed E-state index contributed by atoms with van der Waals surface area (Å²) >= 11 is 0. The summed E-state index contributed by atoms with van der Waals surface area (Å²) in [5.74, 6) is -1.49. The lowest BCUT2D eigenvalue weighted by Crippen LogP contribution is -2.45. The van der Waals surface area contributed by atoms with Crippen molar-refractivity contribution < 1.29 is 23.1 Å². The monoisotopic (exact) mass is 339 g/mol. The Labute approximate surface area is 136 Å². The molecule has 0 bridgehead atoms. The molecule has 1 aliphatic rings. The number of carboxylic acid groups (broad SMARTS) is 1. The lowest BCUT2D eigenvalue weighted by Gasteiger charge is -2.27. The topological polar surface area (TPSA) is 91.8 Å². The number of aryl methyl sites for hydroxylation is 1. The van der Waals surface area contributed by atoms with Crippen LogP contribution in [0.3, 0.4) is 0 Å². The van der Waals surface area contributed by atoms with E-state index in [4.69, 9.17) is 0 Å².